The van der Waals surface area contributed by atoms with Crippen LogP contribution >= 0.6 is 11.3 Å². The average Bonchev–Trinajstić information content (AvgIpc) is 2.77. The summed E-state index contributed by atoms with van der Waals surface area (Å²) >= 11 is 1.56. The van der Waals surface area contributed by atoms with Crippen molar-refractivity contribution in [3.05, 3.63) is 11.1 Å². The summed E-state index contributed by atoms with van der Waals surface area (Å²) in [6, 6.07) is 0. The Morgan fingerprint density at radius 3 is 2.74 bits per heavy atom. The minimum atomic E-state index is 0.244. The van der Waals surface area contributed by atoms with Gasteiger partial charge in [0.1, 0.15) is 0 Å². The summed E-state index contributed by atoms with van der Waals surface area (Å²) in [5, 5.41) is 0.640. The van der Waals surface area contributed by atoms with Gasteiger partial charge in [-0.2, -0.15) is 0 Å². The molecule has 106 valence electrons. The zero-order chi connectivity index (χ0) is 13.8. The highest BCUT2D eigenvalue weighted by molar-refractivity contribution is 7.15. The third-order valence-electron chi connectivity index (χ3n) is 3.62. The summed E-state index contributed by atoms with van der Waals surface area (Å²) < 4.78 is 0. The smallest absolute Gasteiger partial charge is 0.222 e. The first-order valence-electron chi connectivity index (χ1n) is 6.67. The van der Waals surface area contributed by atoms with Gasteiger partial charge in [-0.25, -0.2) is 4.98 Å². The number of nitrogen functional groups attached to an aromatic ring is 1. The maximum Gasteiger partial charge on any atom is 0.222 e. The molecule has 0 aromatic carbocycles. The fourth-order valence-corrected chi connectivity index (χ4v) is 3.12. The summed E-state index contributed by atoms with van der Waals surface area (Å²) in [7, 11) is 3.65. The van der Waals surface area contributed by atoms with Crippen LogP contribution in [0.5, 0.6) is 0 Å². The summed E-state index contributed by atoms with van der Waals surface area (Å²) in [5.41, 5.74) is 5.64. The summed E-state index contributed by atoms with van der Waals surface area (Å²) in [6.45, 7) is 3.05. The molecular formula is C13H22N4OS. The van der Waals surface area contributed by atoms with E-state index < -0.39 is 0 Å². The molecule has 0 unspecified atom stereocenters. The van der Waals surface area contributed by atoms with Gasteiger partial charge in [-0.3, -0.25) is 9.69 Å². The van der Waals surface area contributed by atoms with Crippen molar-refractivity contribution in [2.24, 2.45) is 5.92 Å². The molecule has 0 atom stereocenters. The molecule has 0 saturated carbocycles. The minimum absolute atomic E-state index is 0.244. The van der Waals surface area contributed by atoms with Crippen LogP contribution in [0.15, 0.2) is 6.20 Å². The van der Waals surface area contributed by atoms with Crippen molar-refractivity contribution in [1.29, 1.82) is 0 Å². The maximum absolute atomic E-state index is 11.7. The Morgan fingerprint density at radius 1 is 1.53 bits per heavy atom. The van der Waals surface area contributed by atoms with E-state index in [9.17, 15) is 4.79 Å². The topological polar surface area (TPSA) is 62.5 Å². The van der Waals surface area contributed by atoms with Gasteiger partial charge in [0, 0.05) is 38.1 Å². The molecule has 1 saturated heterocycles. The van der Waals surface area contributed by atoms with Crippen molar-refractivity contribution in [1.82, 2.24) is 14.8 Å². The number of thiazole rings is 1. The Balaban J connectivity index is 1.75. The molecule has 1 aromatic heterocycles. The van der Waals surface area contributed by atoms with E-state index in [0.29, 0.717) is 17.5 Å². The van der Waals surface area contributed by atoms with Gasteiger partial charge >= 0.3 is 0 Å². The number of hydrogen-bond donors (Lipinski definition) is 1. The number of piperidine rings is 1. The summed E-state index contributed by atoms with van der Waals surface area (Å²) in [6.07, 6.45) is 4.76. The van der Waals surface area contributed by atoms with Crippen molar-refractivity contribution in [3.8, 4) is 0 Å². The third kappa shape index (κ3) is 4.18. The van der Waals surface area contributed by atoms with Crippen molar-refractivity contribution in [2.75, 3.05) is 32.9 Å². The fourth-order valence-electron chi connectivity index (χ4n) is 2.39. The van der Waals surface area contributed by atoms with Gasteiger partial charge in [0.05, 0.1) is 0 Å². The molecule has 0 aliphatic carbocycles. The Labute approximate surface area is 118 Å². The van der Waals surface area contributed by atoms with E-state index in [-0.39, 0.29) is 5.91 Å². The molecule has 0 spiro atoms. The van der Waals surface area contributed by atoms with Crippen molar-refractivity contribution < 1.29 is 4.79 Å². The predicted molar refractivity (Wildman–Crippen MR) is 77.8 cm³/mol. The number of likely N-dealkylation sites (tertiary alicyclic amines) is 1. The molecule has 1 aromatic rings. The first-order valence-corrected chi connectivity index (χ1v) is 7.49. The normalized spacial score (nSPS) is 17.6. The van der Waals surface area contributed by atoms with Crippen molar-refractivity contribution >= 4 is 22.4 Å². The number of carbonyl (C=O) groups is 1. The van der Waals surface area contributed by atoms with E-state index in [1.807, 2.05) is 20.3 Å². The van der Waals surface area contributed by atoms with E-state index in [4.69, 9.17) is 5.73 Å². The van der Waals surface area contributed by atoms with Gasteiger partial charge in [-0.05, 0) is 31.8 Å². The zero-order valence-corrected chi connectivity index (χ0v) is 12.4. The second-order valence-electron chi connectivity index (χ2n) is 5.38. The molecule has 6 heteroatoms. The van der Waals surface area contributed by atoms with Crippen molar-refractivity contribution in [3.63, 3.8) is 0 Å². The standard InChI is InChI=1S/C13H22N4OS/c1-16(2)12(18)7-10-3-5-17(6-4-10)9-11-8-15-13(14)19-11/h8,10H,3-7,9H2,1-2H3,(H2,14,15). The van der Waals surface area contributed by atoms with Crippen LogP contribution < -0.4 is 5.73 Å². The molecule has 5 nitrogen and oxygen atoms in total. The van der Waals surface area contributed by atoms with Crippen LogP contribution in [0.1, 0.15) is 24.1 Å². The monoisotopic (exact) mass is 282 g/mol. The number of carbonyl (C=O) groups excluding carboxylic acids is 1. The van der Waals surface area contributed by atoms with Crippen LogP contribution in [0.3, 0.4) is 0 Å². The second-order valence-corrected chi connectivity index (χ2v) is 6.52. The highest BCUT2D eigenvalue weighted by atomic mass is 32.1. The summed E-state index contributed by atoms with van der Waals surface area (Å²) in [5.74, 6) is 0.784. The number of hydrogen-bond acceptors (Lipinski definition) is 5. The minimum Gasteiger partial charge on any atom is -0.375 e. The van der Waals surface area contributed by atoms with Crippen molar-refractivity contribution in [2.45, 2.75) is 25.8 Å². The van der Waals surface area contributed by atoms with Crippen LogP contribution in [0.25, 0.3) is 0 Å². The lowest BCUT2D eigenvalue weighted by Gasteiger charge is -2.31. The van der Waals surface area contributed by atoms with E-state index in [1.165, 1.54) is 4.88 Å². The fraction of sp³-hybridized carbons (Fsp3) is 0.692. The van der Waals surface area contributed by atoms with Gasteiger partial charge < -0.3 is 10.6 Å². The lowest BCUT2D eigenvalue weighted by molar-refractivity contribution is -0.130. The summed E-state index contributed by atoms with van der Waals surface area (Å²) in [4.78, 5) is 21.1. The molecular weight excluding hydrogens is 260 g/mol. The highest BCUT2D eigenvalue weighted by Crippen LogP contribution is 2.24. The Morgan fingerprint density at radius 2 is 2.21 bits per heavy atom. The van der Waals surface area contributed by atoms with Gasteiger partial charge in [0.15, 0.2) is 5.13 Å². The van der Waals surface area contributed by atoms with Gasteiger partial charge in [0.2, 0.25) is 5.91 Å². The van der Waals surface area contributed by atoms with E-state index in [1.54, 1.807) is 16.2 Å². The van der Waals surface area contributed by atoms with Crippen LogP contribution in [-0.2, 0) is 11.3 Å². The quantitative estimate of drug-likeness (QED) is 0.907. The molecule has 0 bridgehead atoms. The molecule has 2 N–H and O–H groups in total. The Hall–Kier alpha value is -1.14. The highest BCUT2D eigenvalue weighted by Gasteiger charge is 2.22. The second kappa shape index (κ2) is 6.34. The SMILES string of the molecule is CN(C)C(=O)CC1CCN(Cc2cnc(N)s2)CC1. The molecule has 2 rings (SSSR count). The number of anilines is 1. The molecule has 0 radical (unpaired) electrons. The van der Waals surface area contributed by atoms with Crippen LogP contribution in [-0.4, -0.2) is 47.9 Å². The van der Waals surface area contributed by atoms with Gasteiger partial charge in [-0.15, -0.1) is 11.3 Å². The van der Waals surface area contributed by atoms with E-state index in [2.05, 4.69) is 9.88 Å². The molecule has 2 heterocycles. The average molecular weight is 282 g/mol. The first kappa shape index (κ1) is 14.3. The molecule has 19 heavy (non-hydrogen) atoms. The Kier molecular flexibility index (Phi) is 4.76. The lowest BCUT2D eigenvalue weighted by Crippen LogP contribution is -2.35. The largest absolute Gasteiger partial charge is 0.375 e. The number of rotatable bonds is 4. The predicted octanol–water partition coefficient (Wildman–Crippen LogP) is 1.42. The molecule has 1 aliphatic rings. The van der Waals surface area contributed by atoms with Crippen LogP contribution in [0.4, 0.5) is 5.13 Å². The zero-order valence-electron chi connectivity index (χ0n) is 11.6. The molecule has 1 amide bonds. The number of nitrogens with two attached hydrogens (primary N) is 1. The molecule has 1 fully saturated rings. The number of aromatic nitrogens is 1. The van der Waals surface area contributed by atoms with Crippen LogP contribution in [0.2, 0.25) is 0 Å². The van der Waals surface area contributed by atoms with E-state index >= 15 is 0 Å². The first-order chi connectivity index (χ1) is 9.04. The van der Waals surface area contributed by atoms with Crippen LogP contribution in [0, 0.1) is 5.92 Å². The Bertz CT molecular complexity index is 424. The maximum atomic E-state index is 11.7. The van der Waals surface area contributed by atoms with Gasteiger partial charge in [0.25, 0.3) is 0 Å². The number of nitrogens with zero attached hydrogens (tertiary/aromatic N) is 3. The van der Waals surface area contributed by atoms with Gasteiger partial charge in [-0.1, -0.05) is 0 Å². The molecule has 1 aliphatic heterocycles. The van der Waals surface area contributed by atoms with E-state index in [0.717, 1.165) is 32.5 Å². The lowest BCUT2D eigenvalue weighted by atomic mass is 9.93. The number of amides is 1. The third-order valence-corrected chi connectivity index (χ3v) is 4.43.